The summed E-state index contributed by atoms with van der Waals surface area (Å²) in [6.07, 6.45) is 3.84. The van der Waals surface area contributed by atoms with Crippen molar-refractivity contribution in [2.45, 2.75) is 39.0 Å². The van der Waals surface area contributed by atoms with Gasteiger partial charge in [0.15, 0.2) is 0 Å². The van der Waals surface area contributed by atoms with Gasteiger partial charge in [0.1, 0.15) is 0 Å². The number of carbonyl (C=O) groups excluding carboxylic acids is 2. The summed E-state index contributed by atoms with van der Waals surface area (Å²) in [4.78, 5) is 25.4. The molecule has 0 atom stereocenters. The smallest absolute Gasteiger partial charge is 0.224 e. The molecule has 0 aliphatic carbocycles. The third-order valence-corrected chi connectivity index (χ3v) is 3.78. The number of hydrogen-bond acceptors (Lipinski definition) is 3. The quantitative estimate of drug-likeness (QED) is 0.817. The predicted molar refractivity (Wildman–Crippen MR) is 83.9 cm³/mol. The molecule has 0 spiro atoms. The van der Waals surface area contributed by atoms with E-state index in [1.54, 1.807) is 6.07 Å². The number of piperidine rings is 1. The van der Waals surface area contributed by atoms with Crippen LogP contribution in [-0.4, -0.2) is 29.8 Å². The number of benzene rings is 1. The highest BCUT2D eigenvalue weighted by atomic mass is 16.2. The zero-order valence-electron chi connectivity index (χ0n) is 12.5. The van der Waals surface area contributed by atoms with Gasteiger partial charge in [-0.2, -0.15) is 0 Å². The van der Waals surface area contributed by atoms with Gasteiger partial charge in [-0.1, -0.05) is 0 Å². The molecule has 3 N–H and O–H groups in total. The number of hydrogen-bond donors (Lipinski definition) is 2. The van der Waals surface area contributed by atoms with Crippen LogP contribution in [0, 0.1) is 6.92 Å². The Kier molecular flexibility index (Phi) is 5.20. The third-order valence-electron chi connectivity index (χ3n) is 3.78. The number of likely N-dealkylation sites (tertiary alicyclic amines) is 1. The van der Waals surface area contributed by atoms with Gasteiger partial charge in [-0.3, -0.25) is 9.59 Å². The Balaban J connectivity index is 1.75. The minimum absolute atomic E-state index is 0.0210. The van der Waals surface area contributed by atoms with Crippen LogP contribution in [-0.2, 0) is 9.59 Å². The van der Waals surface area contributed by atoms with Gasteiger partial charge in [-0.25, -0.2) is 0 Å². The second-order valence-corrected chi connectivity index (χ2v) is 5.56. The lowest BCUT2D eigenvalue weighted by molar-refractivity contribution is -0.133. The van der Waals surface area contributed by atoms with E-state index in [0.29, 0.717) is 31.5 Å². The number of nitrogens with one attached hydrogen (secondary N) is 1. The molecule has 0 aromatic heterocycles. The van der Waals surface area contributed by atoms with Crippen LogP contribution in [0.25, 0.3) is 0 Å². The van der Waals surface area contributed by atoms with E-state index < -0.39 is 0 Å². The normalized spacial score (nSPS) is 15.1. The number of carbonyl (C=O) groups is 2. The molecular weight excluding hydrogens is 266 g/mol. The van der Waals surface area contributed by atoms with Crippen LogP contribution in [0.15, 0.2) is 18.2 Å². The van der Waals surface area contributed by atoms with Crippen LogP contribution >= 0.6 is 0 Å². The summed E-state index contributed by atoms with van der Waals surface area (Å²) in [6.45, 7) is 3.42. The number of aryl methyl sites for hydroxylation is 1. The Morgan fingerprint density at radius 1 is 1.38 bits per heavy atom. The maximum absolute atomic E-state index is 11.9. The highest BCUT2D eigenvalue weighted by molar-refractivity contribution is 5.91. The monoisotopic (exact) mass is 289 g/mol. The zero-order valence-corrected chi connectivity index (χ0v) is 12.5. The largest absolute Gasteiger partial charge is 0.399 e. The van der Waals surface area contributed by atoms with E-state index >= 15 is 0 Å². The molecule has 21 heavy (non-hydrogen) atoms. The van der Waals surface area contributed by atoms with Crippen molar-refractivity contribution in [1.29, 1.82) is 0 Å². The van der Waals surface area contributed by atoms with E-state index in [0.717, 1.165) is 30.6 Å². The molecule has 1 aliphatic heterocycles. The van der Waals surface area contributed by atoms with E-state index in [9.17, 15) is 9.59 Å². The fourth-order valence-electron chi connectivity index (χ4n) is 2.57. The molecule has 1 heterocycles. The fourth-order valence-corrected chi connectivity index (χ4v) is 2.57. The Morgan fingerprint density at radius 2 is 2.19 bits per heavy atom. The van der Waals surface area contributed by atoms with Gasteiger partial charge in [-0.15, -0.1) is 0 Å². The topological polar surface area (TPSA) is 75.4 Å². The van der Waals surface area contributed by atoms with Crippen LogP contribution in [0.3, 0.4) is 0 Å². The summed E-state index contributed by atoms with van der Waals surface area (Å²) in [5.74, 6) is 0.198. The summed E-state index contributed by atoms with van der Waals surface area (Å²) >= 11 is 0. The van der Waals surface area contributed by atoms with Crippen molar-refractivity contribution in [3.8, 4) is 0 Å². The van der Waals surface area contributed by atoms with E-state index in [2.05, 4.69) is 5.32 Å². The van der Waals surface area contributed by atoms with Crippen LogP contribution in [0.2, 0.25) is 0 Å². The first-order chi connectivity index (χ1) is 10.1. The number of nitrogens with zero attached hydrogens (tertiary/aromatic N) is 1. The Morgan fingerprint density at radius 3 is 2.90 bits per heavy atom. The molecule has 1 fully saturated rings. The van der Waals surface area contributed by atoms with Crippen LogP contribution in [0.1, 0.15) is 37.7 Å². The summed E-state index contributed by atoms with van der Waals surface area (Å²) in [5, 5.41) is 2.89. The number of anilines is 2. The molecule has 114 valence electrons. The predicted octanol–water partition coefficient (Wildman–Crippen LogP) is 2.31. The molecule has 0 unspecified atom stereocenters. The van der Waals surface area contributed by atoms with Crippen molar-refractivity contribution >= 4 is 23.2 Å². The average molecular weight is 289 g/mol. The maximum atomic E-state index is 11.9. The van der Waals surface area contributed by atoms with E-state index in [-0.39, 0.29) is 11.8 Å². The summed E-state index contributed by atoms with van der Waals surface area (Å²) in [6, 6.07) is 5.42. The van der Waals surface area contributed by atoms with E-state index in [4.69, 9.17) is 5.73 Å². The van der Waals surface area contributed by atoms with Crippen molar-refractivity contribution in [1.82, 2.24) is 4.90 Å². The van der Waals surface area contributed by atoms with Crippen molar-refractivity contribution in [3.63, 3.8) is 0 Å². The van der Waals surface area contributed by atoms with Gasteiger partial charge < -0.3 is 16.0 Å². The van der Waals surface area contributed by atoms with Crippen molar-refractivity contribution in [2.75, 3.05) is 24.1 Å². The fraction of sp³-hybridized carbons (Fsp3) is 0.500. The SMILES string of the molecule is Cc1cc(N)ccc1NC(=O)CCCN1CCCCC1=O. The van der Waals surface area contributed by atoms with Gasteiger partial charge in [-0.05, 0) is 49.9 Å². The molecule has 2 rings (SSSR count). The second kappa shape index (κ2) is 7.11. The lowest BCUT2D eigenvalue weighted by Gasteiger charge is -2.26. The first kappa shape index (κ1) is 15.4. The lowest BCUT2D eigenvalue weighted by atomic mass is 10.1. The van der Waals surface area contributed by atoms with Crippen LogP contribution in [0.4, 0.5) is 11.4 Å². The maximum Gasteiger partial charge on any atom is 0.224 e. The van der Waals surface area contributed by atoms with Crippen molar-refractivity contribution in [3.05, 3.63) is 23.8 Å². The minimum Gasteiger partial charge on any atom is -0.399 e. The molecule has 0 radical (unpaired) electrons. The molecule has 5 nitrogen and oxygen atoms in total. The highest BCUT2D eigenvalue weighted by Gasteiger charge is 2.17. The second-order valence-electron chi connectivity index (χ2n) is 5.56. The van der Waals surface area contributed by atoms with Gasteiger partial charge in [0.2, 0.25) is 11.8 Å². The first-order valence-electron chi connectivity index (χ1n) is 7.50. The van der Waals surface area contributed by atoms with Gasteiger partial charge in [0.05, 0.1) is 0 Å². The number of rotatable bonds is 5. The average Bonchev–Trinajstić information content (AvgIpc) is 2.44. The minimum atomic E-state index is -0.0210. The molecule has 1 saturated heterocycles. The summed E-state index contributed by atoms with van der Waals surface area (Å²) in [5.41, 5.74) is 8.12. The van der Waals surface area contributed by atoms with Crippen LogP contribution < -0.4 is 11.1 Å². The molecule has 5 heteroatoms. The zero-order chi connectivity index (χ0) is 15.2. The standard InChI is InChI=1S/C16H23N3O2/c1-12-11-13(17)7-8-14(12)18-15(20)5-4-10-19-9-3-2-6-16(19)21/h7-8,11H,2-6,9-10,17H2,1H3,(H,18,20). The first-order valence-corrected chi connectivity index (χ1v) is 7.50. The molecule has 2 amide bonds. The van der Waals surface area contributed by atoms with Crippen molar-refractivity contribution < 1.29 is 9.59 Å². The van der Waals surface area contributed by atoms with Gasteiger partial charge >= 0.3 is 0 Å². The molecular formula is C16H23N3O2. The molecule has 1 aliphatic rings. The van der Waals surface area contributed by atoms with Gasteiger partial charge in [0.25, 0.3) is 0 Å². The molecule has 0 bridgehead atoms. The Labute approximate surface area is 125 Å². The number of nitrogens with two attached hydrogens (primary N) is 1. The van der Waals surface area contributed by atoms with E-state index in [1.165, 1.54) is 0 Å². The Bertz CT molecular complexity index is 528. The lowest BCUT2D eigenvalue weighted by Crippen LogP contribution is -2.36. The molecule has 0 saturated carbocycles. The van der Waals surface area contributed by atoms with Crippen LogP contribution in [0.5, 0.6) is 0 Å². The number of nitrogen functional groups attached to an aromatic ring is 1. The Hall–Kier alpha value is -2.04. The third kappa shape index (κ3) is 4.48. The highest BCUT2D eigenvalue weighted by Crippen LogP contribution is 2.18. The molecule has 1 aromatic rings. The number of amides is 2. The summed E-state index contributed by atoms with van der Waals surface area (Å²) in [7, 11) is 0. The van der Waals surface area contributed by atoms with E-state index in [1.807, 2.05) is 24.0 Å². The van der Waals surface area contributed by atoms with Crippen molar-refractivity contribution in [2.24, 2.45) is 0 Å². The molecule has 1 aromatic carbocycles. The summed E-state index contributed by atoms with van der Waals surface area (Å²) < 4.78 is 0. The van der Waals surface area contributed by atoms with Gasteiger partial charge in [0, 0.05) is 37.3 Å².